The molecule has 0 bridgehead atoms. The van der Waals surface area contributed by atoms with Gasteiger partial charge in [-0.2, -0.15) is 0 Å². The molecule has 0 aromatic carbocycles. The Morgan fingerprint density at radius 3 is 2.89 bits per heavy atom. The van der Waals surface area contributed by atoms with E-state index in [1.54, 1.807) is 12.1 Å². The van der Waals surface area contributed by atoms with Crippen molar-refractivity contribution in [2.24, 2.45) is 0 Å². The lowest BCUT2D eigenvalue weighted by Gasteiger charge is -2.21. The number of carbonyl (C=O) groups is 2. The van der Waals surface area contributed by atoms with Gasteiger partial charge in [-0.05, 0) is 31.4 Å². The number of hydrogen-bond donors (Lipinski definition) is 2. The first-order valence-electron chi connectivity index (χ1n) is 5.88. The van der Waals surface area contributed by atoms with E-state index < -0.39 is 5.97 Å². The Morgan fingerprint density at radius 2 is 2.28 bits per heavy atom. The number of rotatable bonds is 4. The third-order valence-electron chi connectivity index (χ3n) is 2.78. The summed E-state index contributed by atoms with van der Waals surface area (Å²) in [5.74, 6) is -1.05. The summed E-state index contributed by atoms with van der Waals surface area (Å²) in [6.45, 7) is 0.997. The zero-order valence-corrected chi connectivity index (χ0v) is 10.7. The van der Waals surface area contributed by atoms with Crippen LogP contribution in [-0.2, 0) is 16.1 Å². The Kier molecular flexibility index (Phi) is 4.33. The number of thiophene rings is 1. The predicted molar refractivity (Wildman–Crippen MR) is 66.7 cm³/mol. The molecule has 2 rings (SSSR count). The van der Waals surface area contributed by atoms with E-state index in [0.29, 0.717) is 13.2 Å². The fourth-order valence-corrected chi connectivity index (χ4v) is 2.61. The molecule has 0 spiro atoms. The third kappa shape index (κ3) is 3.30. The van der Waals surface area contributed by atoms with Gasteiger partial charge in [0, 0.05) is 11.5 Å². The van der Waals surface area contributed by atoms with Crippen LogP contribution in [0.25, 0.3) is 0 Å². The normalized spacial score (nSPS) is 19.4. The highest BCUT2D eigenvalue weighted by Crippen LogP contribution is 2.17. The smallest absolute Gasteiger partial charge is 0.345 e. The van der Waals surface area contributed by atoms with Crippen molar-refractivity contribution in [3.05, 3.63) is 21.9 Å². The summed E-state index contributed by atoms with van der Waals surface area (Å²) in [6.07, 6.45) is 2.44. The van der Waals surface area contributed by atoms with Crippen LogP contribution >= 0.6 is 11.3 Å². The van der Waals surface area contributed by atoms with E-state index in [4.69, 9.17) is 9.84 Å². The first kappa shape index (κ1) is 13.0. The highest BCUT2D eigenvalue weighted by molar-refractivity contribution is 7.13. The molecule has 0 aliphatic carbocycles. The Morgan fingerprint density at radius 1 is 1.44 bits per heavy atom. The van der Waals surface area contributed by atoms with E-state index in [-0.39, 0.29) is 16.9 Å². The average Bonchev–Trinajstić information content (AvgIpc) is 2.86. The Labute approximate surface area is 109 Å². The third-order valence-corrected chi connectivity index (χ3v) is 3.85. The van der Waals surface area contributed by atoms with Crippen LogP contribution in [0, 0.1) is 0 Å². The van der Waals surface area contributed by atoms with Gasteiger partial charge in [0.15, 0.2) is 0 Å². The molecule has 18 heavy (non-hydrogen) atoms. The number of nitrogens with one attached hydrogen (secondary N) is 1. The molecule has 1 aliphatic heterocycles. The van der Waals surface area contributed by atoms with Gasteiger partial charge in [-0.15, -0.1) is 11.3 Å². The number of carbonyl (C=O) groups excluding carboxylic acids is 1. The quantitative estimate of drug-likeness (QED) is 0.871. The molecule has 1 unspecified atom stereocenters. The highest BCUT2D eigenvalue weighted by atomic mass is 32.1. The van der Waals surface area contributed by atoms with Crippen molar-refractivity contribution in [3.63, 3.8) is 0 Å². The molecular weight excluding hydrogens is 254 g/mol. The Bertz CT molecular complexity index is 437. The van der Waals surface area contributed by atoms with Crippen molar-refractivity contribution in [2.75, 3.05) is 6.61 Å². The van der Waals surface area contributed by atoms with E-state index in [0.717, 1.165) is 24.1 Å². The minimum Gasteiger partial charge on any atom is -0.477 e. The molecule has 1 fully saturated rings. The predicted octanol–water partition coefficient (Wildman–Crippen LogP) is 1.63. The first-order chi connectivity index (χ1) is 8.66. The van der Waals surface area contributed by atoms with E-state index in [2.05, 4.69) is 5.32 Å². The molecular formula is C12H15NO4S. The lowest BCUT2D eigenvalue weighted by atomic mass is 10.1. The molecule has 1 aromatic rings. The van der Waals surface area contributed by atoms with Crippen molar-refractivity contribution in [1.82, 2.24) is 5.32 Å². The van der Waals surface area contributed by atoms with E-state index >= 15 is 0 Å². The molecule has 2 heterocycles. The van der Waals surface area contributed by atoms with Gasteiger partial charge in [-0.25, -0.2) is 4.79 Å². The summed E-state index contributed by atoms with van der Waals surface area (Å²) < 4.78 is 5.37. The van der Waals surface area contributed by atoms with Gasteiger partial charge in [0.1, 0.15) is 11.0 Å². The van der Waals surface area contributed by atoms with Gasteiger partial charge >= 0.3 is 5.97 Å². The average molecular weight is 269 g/mol. The molecule has 0 saturated carbocycles. The fourth-order valence-electron chi connectivity index (χ4n) is 1.82. The van der Waals surface area contributed by atoms with Gasteiger partial charge in [-0.3, -0.25) is 4.79 Å². The van der Waals surface area contributed by atoms with E-state index in [1.165, 1.54) is 11.3 Å². The molecule has 1 saturated heterocycles. The number of amides is 1. The number of aromatic carboxylic acids is 1. The van der Waals surface area contributed by atoms with Crippen LogP contribution < -0.4 is 5.32 Å². The summed E-state index contributed by atoms with van der Waals surface area (Å²) in [5.41, 5.74) is 0. The summed E-state index contributed by atoms with van der Waals surface area (Å²) in [7, 11) is 0. The lowest BCUT2D eigenvalue weighted by molar-refractivity contribution is -0.135. The van der Waals surface area contributed by atoms with Crippen LogP contribution in [-0.4, -0.2) is 29.7 Å². The van der Waals surface area contributed by atoms with Crippen LogP contribution in [0.2, 0.25) is 0 Å². The van der Waals surface area contributed by atoms with Gasteiger partial charge in [-0.1, -0.05) is 0 Å². The molecule has 6 heteroatoms. The molecule has 2 N–H and O–H groups in total. The van der Waals surface area contributed by atoms with E-state index in [1.807, 2.05) is 0 Å². The van der Waals surface area contributed by atoms with Crippen LogP contribution in [0.5, 0.6) is 0 Å². The highest BCUT2D eigenvalue weighted by Gasteiger charge is 2.21. The Hall–Kier alpha value is -1.40. The first-order valence-corrected chi connectivity index (χ1v) is 6.70. The largest absolute Gasteiger partial charge is 0.477 e. The molecule has 1 aromatic heterocycles. The van der Waals surface area contributed by atoms with Crippen LogP contribution in [0.15, 0.2) is 12.1 Å². The summed E-state index contributed by atoms with van der Waals surface area (Å²) >= 11 is 1.17. The summed E-state index contributed by atoms with van der Waals surface area (Å²) in [6, 6.07) is 3.27. The minimum absolute atomic E-state index is 0.111. The minimum atomic E-state index is -0.937. The summed E-state index contributed by atoms with van der Waals surface area (Å²) in [4.78, 5) is 23.6. The zero-order valence-electron chi connectivity index (χ0n) is 9.85. The Balaban J connectivity index is 1.82. The van der Waals surface area contributed by atoms with Gasteiger partial charge in [0.2, 0.25) is 5.91 Å². The van der Waals surface area contributed by atoms with Crippen LogP contribution in [0.3, 0.4) is 0 Å². The number of hydrogen-bond acceptors (Lipinski definition) is 4. The van der Waals surface area contributed by atoms with Gasteiger partial charge in [0.05, 0.1) is 6.54 Å². The lowest BCUT2D eigenvalue weighted by Crippen LogP contribution is -2.37. The number of carboxylic acids is 1. The molecule has 1 aliphatic rings. The van der Waals surface area contributed by atoms with Crippen LogP contribution in [0.4, 0.5) is 0 Å². The zero-order chi connectivity index (χ0) is 13.0. The van der Waals surface area contributed by atoms with Crippen molar-refractivity contribution in [2.45, 2.75) is 31.9 Å². The maximum absolute atomic E-state index is 11.8. The number of carboxylic acid groups (broad SMARTS) is 1. The standard InChI is InChI=1S/C12H15NO4S/c14-11(9-3-1-2-6-17-9)13-7-8-4-5-10(18-8)12(15)16/h4-5,9H,1-3,6-7H2,(H,13,14)(H,15,16). The SMILES string of the molecule is O=C(O)c1ccc(CNC(=O)C2CCCCO2)s1. The molecule has 1 amide bonds. The van der Waals surface area contributed by atoms with Crippen molar-refractivity contribution >= 4 is 23.2 Å². The monoisotopic (exact) mass is 269 g/mol. The topological polar surface area (TPSA) is 75.6 Å². The molecule has 98 valence electrons. The van der Waals surface area contributed by atoms with E-state index in [9.17, 15) is 9.59 Å². The molecule has 1 atom stereocenters. The van der Waals surface area contributed by atoms with Crippen molar-refractivity contribution in [3.8, 4) is 0 Å². The number of ether oxygens (including phenoxy) is 1. The second-order valence-electron chi connectivity index (χ2n) is 4.14. The second kappa shape index (κ2) is 5.97. The van der Waals surface area contributed by atoms with Gasteiger partial charge in [0.25, 0.3) is 0 Å². The van der Waals surface area contributed by atoms with Crippen molar-refractivity contribution in [1.29, 1.82) is 0 Å². The van der Waals surface area contributed by atoms with Crippen molar-refractivity contribution < 1.29 is 19.4 Å². The maximum Gasteiger partial charge on any atom is 0.345 e. The molecule has 5 nitrogen and oxygen atoms in total. The maximum atomic E-state index is 11.8. The van der Waals surface area contributed by atoms with Crippen LogP contribution in [0.1, 0.15) is 33.8 Å². The second-order valence-corrected chi connectivity index (χ2v) is 5.31. The fraction of sp³-hybridized carbons (Fsp3) is 0.500. The summed E-state index contributed by atoms with van der Waals surface area (Å²) in [5, 5.41) is 11.6. The van der Waals surface area contributed by atoms with Gasteiger partial charge < -0.3 is 15.2 Å². The molecule has 0 radical (unpaired) electrons.